The van der Waals surface area contributed by atoms with Crippen LogP contribution in [0.2, 0.25) is 0 Å². The largest absolute Gasteiger partial charge is 0.448 e. The van der Waals surface area contributed by atoms with Crippen molar-refractivity contribution in [1.82, 2.24) is 4.57 Å². The van der Waals surface area contributed by atoms with Crippen LogP contribution in [-0.2, 0) is 16.6 Å². The molecular formula is C17H16F2N2O4. The number of benzene rings is 1. The van der Waals surface area contributed by atoms with E-state index in [-0.39, 0.29) is 17.2 Å². The first-order valence-corrected chi connectivity index (χ1v) is 7.33. The van der Waals surface area contributed by atoms with E-state index < -0.39 is 29.6 Å². The summed E-state index contributed by atoms with van der Waals surface area (Å²) in [6, 6.07) is 4.03. The van der Waals surface area contributed by atoms with Gasteiger partial charge in [-0.15, -0.1) is 0 Å². The van der Waals surface area contributed by atoms with E-state index >= 15 is 0 Å². The van der Waals surface area contributed by atoms with Crippen molar-refractivity contribution in [2.24, 2.45) is 7.05 Å². The summed E-state index contributed by atoms with van der Waals surface area (Å²) >= 11 is 0. The summed E-state index contributed by atoms with van der Waals surface area (Å²) in [6.45, 7) is 2.67. The number of esters is 1. The quantitative estimate of drug-likeness (QED) is 0.664. The van der Waals surface area contributed by atoms with Crippen LogP contribution in [0.5, 0.6) is 0 Å². The van der Waals surface area contributed by atoms with Gasteiger partial charge in [0.1, 0.15) is 17.3 Å². The summed E-state index contributed by atoms with van der Waals surface area (Å²) in [5.74, 6) is -3.52. The van der Waals surface area contributed by atoms with Gasteiger partial charge in [0.15, 0.2) is 11.9 Å². The van der Waals surface area contributed by atoms with E-state index in [0.29, 0.717) is 11.6 Å². The summed E-state index contributed by atoms with van der Waals surface area (Å²) in [7, 11) is 1.56. The number of hydrogen-bond acceptors (Lipinski definition) is 4. The third kappa shape index (κ3) is 4.28. The number of amides is 1. The number of carbonyl (C=O) groups is 3. The molecule has 1 aromatic carbocycles. The smallest absolute Gasteiger partial charge is 0.355 e. The fourth-order valence-corrected chi connectivity index (χ4v) is 2.06. The number of ketones is 1. The summed E-state index contributed by atoms with van der Waals surface area (Å²) in [6.07, 6.45) is 0.241. The molecule has 132 valence electrons. The number of anilines is 1. The van der Waals surface area contributed by atoms with Gasteiger partial charge in [0.05, 0.1) is 5.69 Å². The lowest BCUT2D eigenvalue weighted by Gasteiger charge is -2.14. The van der Waals surface area contributed by atoms with Gasteiger partial charge in [-0.3, -0.25) is 9.59 Å². The predicted octanol–water partition coefficient (Wildman–Crippen LogP) is 2.69. The van der Waals surface area contributed by atoms with Gasteiger partial charge in [-0.1, -0.05) is 0 Å². The Morgan fingerprint density at radius 2 is 1.88 bits per heavy atom. The predicted molar refractivity (Wildman–Crippen MR) is 85.3 cm³/mol. The summed E-state index contributed by atoms with van der Waals surface area (Å²) in [5.41, 5.74) is 0.199. The van der Waals surface area contributed by atoms with E-state index in [1.54, 1.807) is 7.05 Å². The molecule has 1 atom stereocenters. The Morgan fingerprint density at radius 3 is 2.44 bits per heavy atom. The maximum atomic E-state index is 13.5. The lowest BCUT2D eigenvalue weighted by molar-refractivity contribution is -0.123. The Bertz CT molecular complexity index is 845. The molecule has 0 spiro atoms. The fraction of sp³-hybridized carbons (Fsp3) is 0.235. The van der Waals surface area contributed by atoms with Crippen LogP contribution in [0.3, 0.4) is 0 Å². The van der Waals surface area contributed by atoms with E-state index in [9.17, 15) is 23.2 Å². The molecular weight excluding hydrogens is 334 g/mol. The topological polar surface area (TPSA) is 77.4 Å². The number of aryl methyl sites for hydroxylation is 1. The summed E-state index contributed by atoms with van der Waals surface area (Å²) in [4.78, 5) is 35.5. The van der Waals surface area contributed by atoms with Crippen LogP contribution in [0.4, 0.5) is 14.5 Å². The first-order valence-electron chi connectivity index (χ1n) is 7.33. The molecule has 1 amide bonds. The number of aromatic nitrogens is 1. The van der Waals surface area contributed by atoms with E-state index in [1.807, 2.05) is 0 Å². The number of hydrogen-bond donors (Lipinski definition) is 1. The average molecular weight is 350 g/mol. The molecule has 25 heavy (non-hydrogen) atoms. The third-order valence-corrected chi connectivity index (χ3v) is 3.46. The Labute approximate surface area is 142 Å². The Balaban J connectivity index is 2.05. The number of nitrogens with one attached hydrogen (secondary N) is 1. The number of halogens is 2. The van der Waals surface area contributed by atoms with Crippen molar-refractivity contribution in [2.45, 2.75) is 20.0 Å². The average Bonchev–Trinajstić information content (AvgIpc) is 2.92. The van der Waals surface area contributed by atoms with Gasteiger partial charge in [0.25, 0.3) is 5.91 Å². The zero-order valence-electron chi connectivity index (χ0n) is 13.8. The second-order valence-electron chi connectivity index (χ2n) is 5.44. The van der Waals surface area contributed by atoms with Gasteiger partial charge in [0, 0.05) is 24.9 Å². The van der Waals surface area contributed by atoms with Crippen molar-refractivity contribution in [3.63, 3.8) is 0 Å². The van der Waals surface area contributed by atoms with Gasteiger partial charge in [-0.25, -0.2) is 13.6 Å². The maximum absolute atomic E-state index is 13.5. The van der Waals surface area contributed by atoms with Crippen LogP contribution < -0.4 is 5.32 Å². The highest BCUT2D eigenvalue weighted by Crippen LogP contribution is 2.16. The molecule has 1 aromatic heterocycles. The van der Waals surface area contributed by atoms with Crippen LogP contribution in [-0.4, -0.2) is 28.3 Å². The highest BCUT2D eigenvalue weighted by Gasteiger charge is 2.22. The summed E-state index contributed by atoms with van der Waals surface area (Å²) in [5, 5.41) is 2.21. The van der Waals surface area contributed by atoms with E-state index in [1.165, 1.54) is 30.7 Å². The molecule has 2 aromatic rings. The molecule has 0 unspecified atom stereocenters. The molecule has 2 rings (SSSR count). The number of rotatable bonds is 5. The molecule has 0 saturated carbocycles. The fourth-order valence-electron chi connectivity index (χ4n) is 2.06. The van der Waals surface area contributed by atoms with Crippen molar-refractivity contribution in [3.8, 4) is 0 Å². The van der Waals surface area contributed by atoms with E-state index in [2.05, 4.69) is 5.32 Å². The highest BCUT2D eigenvalue weighted by molar-refractivity contribution is 5.99. The van der Waals surface area contributed by atoms with Crippen molar-refractivity contribution in [3.05, 3.63) is 53.4 Å². The van der Waals surface area contributed by atoms with Gasteiger partial charge < -0.3 is 14.6 Å². The minimum absolute atomic E-state index is 0.0952. The molecule has 0 saturated heterocycles. The minimum atomic E-state index is -1.23. The zero-order valence-corrected chi connectivity index (χ0v) is 13.8. The van der Waals surface area contributed by atoms with Crippen molar-refractivity contribution >= 4 is 23.3 Å². The van der Waals surface area contributed by atoms with Crippen LogP contribution in [0.25, 0.3) is 0 Å². The SMILES string of the molecule is CC(=O)c1cc(C(=O)O[C@H](C)C(=O)Nc2ccc(F)cc2F)n(C)c1. The van der Waals surface area contributed by atoms with E-state index in [0.717, 1.165) is 12.1 Å². The number of nitrogens with zero attached hydrogens (tertiary/aromatic N) is 1. The first-order chi connectivity index (χ1) is 11.7. The third-order valence-electron chi connectivity index (χ3n) is 3.46. The summed E-state index contributed by atoms with van der Waals surface area (Å²) < 4.78 is 32.8. The van der Waals surface area contributed by atoms with Crippen LogP contribution in [0.15, 0.2) is 30.5 Å². The number of carbonyl (C=O) groups excluding carboxylic acids is 3. The molecule has 6 nitrogen and oxygen atoms in total. The minimum Gasteiger partial charge on any atom is -0.448 e. The molecule has 0 fully saturated rings. The molecule has 0 aliphatic heterocycles. The van der Waals surface area contributed by atoms with Crippen LogP contribution in [0, 0.1) is 11.6 Å². The Morgan fingerprint density at radius 1 is 1.20 bits per heavy atom. The van der Waals surface area contributed by atoms with Crippen molar-refractivity contribution in [2.75, 3.05) is 5.32 Å². The van der Waals surface area contributed by atoms with Crippen molar-refractivity contribution in [1.29, 1.82) is 0 Å². The van der Waals surface area contributed by atoms with Gasteiger partial charge in [-0.05, 0) is 32.0 Å². The van der Waals surface area contributed by atoms with E-state index in [4.69, 9.17) is 4.74 Å². The number of ether oxygens (including phenoxy) is 1. The second-order valence-corrected chi connectivity index (χ2v) is 5.44. The Hall–Kier alpha value is -3.03. The highest BCUT2D eigenvalue weighted by atomic mass is 19.1. The molecule has 8 heteroatoms. The normalized spacial score (nSPS) is 11.7. The van der Waals surface area contributed by atoms with Gasteiger partial charge >= 0.3 is 5.97 Å². The molecule has 0 aliphatic carbocycles. The standard InChI is InChI=1S/C17H16F2N2O4/c1-9(22)11-6-15(21(3)8-11)17(24)25-10(2)16(23)20-14-5-4-12(18)7-13(14)19/h4-8,10H,1-3H3,(H,20,23)/t10-/m1/s1. The van der Waals surface area contributed by atoms with Gasteiger partial charge in [0.2, 0.25) is 0 Å². The lowest BCUT2D eigenvalue weighted by atomic mass is 10.2. The zero-order chi connectivity index (χ0) is 18.7. The van der Waals surface area contributed by atoms with Crippen LogP contribution >= 0.6 is 0 Å². The molecule has 1 heterocycles. The maximum Gasteiger partial charge on any atom is 0.355 e. The second kappa shape index (κ2) is 7.25. The Kier molecular flexibility index (Phi) is 5.31. The molecule has 0 bridgehead atoms. The molecule has 0 radical (unpaired) electrons. The monoisotopic (exact) mass is 350 g/mol. The molecule has 1 N–H and O–H groups in total. The van der Waals surface area contributed by atoms with Gasteiger partial charge in [-0.2, -0.15) is 0 Å². The first kappa shape index (κ1) is 18.3. The number of Topliss-reactive ketones (excluding diaryl/α,β-unsaturated/α-hetero) is 1. The van der Waals surface area contributed by atoms with Crippen molar-refractivity contribution < 1.29 is 27.9 Å². The molecule has 0 aliphatic rings. The lowest BCUT2D eigenvalue weighted by Crippen LogP contribution is -2.30. The van der Waals surface area contributed by atoms with Crippen LogP contribution in [0.1, 0.15) is 34.7 Å².